The van der Waals surface area contributed by atoms with Crippen molar-refractivity contribution in [1.29, 1.82) is 0 Å². The highest BCUT2D eigenvalue weighted by Crippen LogP contribution is 2.47. The number of hydrogen-bond donors (Lipinski definition) is 0. The second kappa shape index (κ2) is 6.67. The number of anilines is 2. The van der Waals surface area contributed by atoms with E-state index in [0.29, 0.717) is 0 Å². The molecule has 0 bridgehead atoms. The molecule has 0 fully saturated rings. The Morgan fingerprint density at radius 1 is 1.05 bits per heavy atom. The predicted molar refractivity (Wildman–Crippen MR) is 90.3 cm³/mol. The smallest absolute Gasteiger partial charge is 0.0558 e. The van der Waals surface area contributed by atoms with E-state index >= 15 is 0 Å². The summed E-state index contributed by atoms with van der Waals surface area (Å²) >= 11 is 1.84. The Kier molecular flexibility index (Phi) is 4.91. The van der Waals surface area contributed by atoms with Crippen LogP contribution in [0.25, 0.3) is 0 Å². The van der Waals surface area contributed by atoms with Gasteiger partial charge in [0.25, 0.3) is 0 Å². The normalized spacial score (nSPS) is 11.8. The SMILES string of the molecule is C=CCN1c2ccccc2Sc2ccc(C)cc21.CC. The summed E-state index contributed by atoms with van der Waals surface area (Å²) < 4.78 is 0. The molecule has 2 aromatic rings. The molecule has 0 atom stereocenters. The standard InChI is InChI=1S/C16H15NS.C2H6/c1-3-10-17-13-6-4-5-7-15(13)18-16-9-8-12(2)11-14(16)17;1-2/h3-9,11H,1,10H2,2H3;1-2H3. The zero-order chi connectivity index (χ0) is 14.5. The molecule has 3 rings (SSSR count). The molecule has 0 amide bonds. The van der Waals surface area contributed by atoms with Crippen molar-refractivity contribution in [3.05, 3.63) is 60.7 Å². The minimum Gasteiger partial charge on any atom is -0.336 e. The van der Waals surface area contributed by atoms with Gasteiger partial charge in [-0.15, -0.1) is 6.58 Å². The van der Waals surface area contributed by atoms with Gasteiger partial charge in [0.2, 0.25) is 0 Å². The molecule has 0 aliphatic carbocycles. The molecule has 0 spiro atoms. The summed E-state index contributed by atoms with van der Waals surface area (Å²) in [5.41, 5.74) is 3.86. The van der Waals surface area contributed by atoms with Gasteiger partial charge in [-0.2, -0.15) is 0 Å². The van der Waals surface area contributed by atoms with Crippen LogP contribution >= 0.6 is 11.8 Å². The Bertz CT molecular complexity index is 604. The lowest BCUT2D eigenvalue weighted by Crippen LogP contribution is -2.20. The van der Waals surface area contributed by atoms with E-state index in [1.165, 1.54) is 26.7 Å². The Balaban J connectivity index is 0.000000704. The Labute approximate surface area is 126 Å². The van der Waals surface area contributed by atoms with Gasteiger partial charge in [0.15, 0.2) is 0 Å². The summed E-state index contributed by atoms with van der Waals surface area (Å²) in [4.78, 5) is 4.97. The average Bonchev–Trinajstić information content (AvgIpc) is 2.50. The molecule has 0 saturated heterocycles. The van der Waals surface area contributed by atoms with E-state index < -0.39 is 0 Å². The predicted octanol–water partition coefficient (Wildman–Crippen LogP) is 5.81. The lowest BCUT2D eigenvalue weighted by Gasteiger charge is -2.32. The number of rotatable bonds is 2. The summed E-state index contributed by atoms with van der Waals surface area (Å²) in [6.45, 7) is 10.9. The van der Waals surface area contributed by atoms with E-state index in [9.17, 15) is 0 Å². The van der Waals surface area contributed by atoms with Crippen LogP contribution in [0.2, 0.25) is 0 Å². The van der Waals surface area contributed by atoms with E-state index in [2.05, 4.69) is 60.9 Å². The van der Waals surface area contributed by atoms with E-state index in [0.717, 1.165) is 6.54 Å². The van der Waals surface area contributed by atoms with Gasteiger partial charge < -0.3 is 4.90 Å². The summed E-state index contributed by atoms with van der Waals surface area (Å²) in [6.07, 6.45) is 1.96. The van der Waals surface area contributed by atoms with E-state index in [4.69, 9.17) is 0 Å². The summed E-state index contributed by atoms with van der Waals surface area (Å²) in [5.74, 6) is 0. The van der Waals surface area contributed by atoms with Crippen LogP contribution in [0, 0.1) is 6.92 Å². The number of para-hydroxylation sites is 1. The maximum atomic E-state index is 3.87. The molecule has 104 valence electrons. The van der Waals surface area contributed by atoms with Crippen molar-refractivity contribution < 1.29 is 0 Å². The molecule has 2 heteroatoms. The van der Waals surface area contributed by atoms with Crippen molar-refractivity contribution in [2.75, 3.05) is 11.4 Å². The van der Waals surface area contributed by atoms with Crippen LogP contribution in [-0.4, -0.2) is 6.54 Å². The third kappa shape index (κ3) is 2.75. The Morgan fingerprint density at radius 2 is 1.75 bits per heavy atom. The molecule has 0 unspecified atom stereocenters. The number of hydrogen-bond acceptors (Lipinski definition) is 2. The van der Waals surface area contributed by atoms with E-state index in [-0.39, 0.29) is 0 Å². The molecule has 0 N–H and O–H groups in total. The summed E-state index contributed by atoms with van der Waals surface area (Å²) in [5, 5.41) is 0. The van der Waals surface area contributed by atoms with Crippen molar-refractivity contribution in [2.45, 2.75) is 30.6 Å². The van der Waals surface area contributed by atoms with Gasteiger partial charge in [0.05, 0.1) is 11.4 Å². The van der Waals surface area contributed by atoms with E-state index in [1.54, 1.807) is 0 Å². The minimum atomic E-state index is 0.841. The second-order valence-corrected chi connectivity index (χ2v) is 5.52. The highest BCUT2D eigenvalue weighted by atomic mass is 32.2. The third-order valence-corrected chi connectivity index (χ3v) is 4.22. The van der Waals surface area contributed by atoms with Gasteiger partial charge >= 0.3 is 0 Å². The zero-order valence-corrected chi connectivity index (χ0v) is 13.2. The second-order valence-electron chi connectivity index (χ2n) is 4.44. The van der Waals surface area contributed by atoms with Crippen LogP contribution in [-0.2, 0) is 0 Å². The maximum Gasteiger partial charge on any atom is 0.0558 e. The fraction of sp³-hybridized carbons (Fsp3) is 0.222. The quantitative estimate of drug-likeness (QED) is 0.640. The largest absolute Gasteiger partial charge is 0.336 e. The van der Waals surface area contributed by atoms with Gasteiger partial charge in [-0.3, -0.25) is 0 Å². The molecule has 0 saturated carbocycles. The van der Waals surface area contributed by atoms with Crippen LogP contribution < -0.4 is 4.90 Å². The highest BCUT2D eigenvalue weighted by Gasteiger charge is 2.21. The van der Waals surface area contributed by atoms with Crippen LogP contribution in [0.4, 0.5) is 11.4 Å². The van der Waals surface area contributed by atoms with Gasteiger partial charge in [0.1, 0.15) is 0 Å². The molecule has 1 aliphatic rings. The van der Waals surface area contributed by atoms with Crippen molar-refractivity contribution in [2.24, 2.45) is 0 Å². The van der Waals surface area contributed by atoms with Gasteiger partial charge in [-0.05, 0) is 36.8 Å². The maximum absolute atomic E-state index is 3.87. The first-order valence-electron chi connectivity index (χ1n) is 7.05. The molecule has 0 radical (unpaired) electrons. The third-order valence-electron chi connectivity index (χ3n) is 3.09. The first kappa shape index (κ1) is 14.7. The lowest BCUT2D eigenvalue weighted by atomic mass is 10.1. The molecule has 1 aliphatic heterocycles. The number of benzene rings is 2. The first-order chi connectivity index (χ1) is 9.79. The molecule has 1 heterocycles. The summed E-state index contributed by atoms with van der Waals surface area (Å²) in [6, 6.07) is 15.2. The average molecular weight is 283 g/mol. The van der Waals surface area contributed by atoms with E-state index in [1.807, 2.05) is 31.7 Å². The van der Waals surface area contributed by atoms with Crippen LogP contribution in [0.1, 0.15) is 19.4 Å². The van der Waals surface area contributed by atoms with Gasteiger partial charge in [-0.25, -0.2) is 0 Å². The fourth-order valence-electron chi connectivity index (χ4n) is 2.27. The Hall–Kier alpha value is -1.67. The van der Waals surface area contributed by atoms with Gasteiger partial charge in [0, 0.05) is 16.3 Å². The van der Waals surface area contributed by atoms with Crippen molar-refractivity contribution in [3.8, 4) is 0 Å². The van der Waals surface area contributed by atoms with Crippen molar-refractivity contribution in [3.63, 3.8) is 0 Å². The molecule has 20 heavy (non-hydrogen) atoms. The lowest BCUT2D eigenvalue weighted by molar-refractivity contribution is 1.03. The summed E-state index contributed by atoms with van der Waals surface area (Å²) in [7, 11) is 0. The first-order valence-corrected chi connectivity index (χ1v) is 7.87. The number of nitrogens with zero attached hydrogens (tertiary/aromatic N) is 1. The Morgan fingerprint density at radius 3 is 2.50 bits per heavy atom. The highest BCUT2D eigenvalue weighted by molar-refractivity contribution is 7.99. The molecule has 0 aromatic heterocycles. The molecule has 2 aromatic carbocycles. The van der Waals surface area contributed by atoms with Crippen LogP contribution in [0.5, 0.6) is 0 Å². The van der Waals surface area contributed by atoms with Crippen LogP contribution in [0.15, 0.2) is 64.9 Å². The van der Waals surface area contributed by atoms with Crippen molar-refractivity contribution in [1.82, 2.24) is 0 Å². The molecule has 1 nitrogen and oxygen atoms in total. The van der Waals surface area contributed by atoms with Crippen LogP contribution in [0.3, 0.4) is 0 Å². The molecular weight excluding hydrogens is 262 g/mol. The van der Waals surface area contributed by atoms with Gasteiger partial charge in [-0.1, -0.05) is 49.9 Å². The topological polar surface area (TPSA) is 3.24 Å². The fourth-order valence-corrected chi connectivity index (χ4v) is 3.34. The molecular formula is C18H21NS. The minimum absolute atomic E-state index is 0.841. The number of fused-ring (bicyclic) bond motifs is 2. The zero-order valence-electron chi connectivity index (χ0n) is 12.4. The van der Waals surface area contributed by atoms with Crippen molar-refractivity contribution >= 4 is 23.1 Å². The monoisotopic (exact) mass is 283 g/mol. The number of aryl methyl sites for hydroxylation is 1.